The summed E-state index contributed by atoms with van der Waals surface area (Å²) < 4.78 is 11.7. The largest absolute Gasteiger partial charge is 0.481 e. The van der Waals surface area contributed by atoms with Crippen LogP contribution in [-0.2, 0) is 4.79 Å². The topological polar surface area (TPSA) is 40.5 Å². The van der Waals surface area contributed by atoms with Gasteiger partial charge in [0.2, 0.25) is 0 Å². The molecule has 1 saturated heterocycles. The van der Waals surface area contributed by atoms with Crippen LogP contribution in [0, 0.1) is 5.92 Å². The molecule has 1 N–H and O–H groups in total. The number of nitrogens with zero attached hydrogens (tertiary/aromatic N) is 1. The molecule has 3 nitrogen and oxygen atoms in total. The van der Waals surface area contributed by atoms with Gasteiger partial charge in [0.1, 0.15) is 0 Å². The van der Waals surface area contributed by atoms with Crippen molar-refractivity contribution in [2.24, 2.45) is 5.92 Å². The molecule has 1 heterocycles. The molecule has 1 fully saturated rings. The van der Waals surface area contributed by atoms with E-state index in [1.54, 1.807) is 0 Å². The number of hydrogen-bond donors (Lipinski definition) is 1. The third kappa shape index (κ3) is 2.77. The average Bonchev–Trinajstić information content (AvgIpc) is 1.93. The Hall–Kier alpha value is -0.640. The SMILES string of the molecule is O=C(O)CC1CN(CCCF)C1. The lowest BCUT2D eigenvalue weighted by molar-refractivity contribution is -0.139. The Kier molecular flexibility index (Phi) is 3.47. The van der Waals surface area contributed by atoms with Gasteiger partial charge in [-0.1, -0.05) is 0 Å². The number of alkyl halides is 1. The summed E-state index contributed by atoms with van der Waals surface area (Å²) in [5.74, 6) is -0.438. The maximum absolute atomic E-state index is 11.7. The molecule has 70 valence electrons. The molecule has 1 aliphatic rings. The third-order valence-corrected chi connectivity index (χ3v) is 2.10. The number of aliphatic carboxylic acids is 1. The molecule has 0 unspecified atom stereocenters. The molecule has 0 aromatic carbocycles. The van der Waals surface area contributed by atoms with Crippen LogP contribution in [-0.4, -0.2) is 42.3 Å². The molecule has 0 radical (unpaired) electrons. The van der Waals surface area contributed by atoms with E-state index < -0.39 is 5.97 Å². The van der Waals surface area contributed by atoms with Crippen LogP contribution in [0.15, 0.2) is 0 Å². The van der Waals surface area contributed by atoms with Gasteiger partial charge in [0.25, 0.3) is 0 Å². The molecular weight excluding hydrogens is 161 g/mol. The van der Waals surface area contributed by atoms with Crippen LogP contribution in [0.3, 0.4) is 0 Å². The van der Waals surface area contributed by atoms with Crippen LogP contribution < -0.4 is 0 Å². The Morgan fingerprint density at radius 2 is 2.25 bits per heavy atom. The van der Waals surface area contributed by atoms with Gasteiger partial charge in [0, 0.05) is 19.6 Å². The molecule has 1 rings (SSSR count). The highest BCUT2D eigenvalue weighted by molar-refractivity contribution is 5.67. The highest BCUT2D eigenvalue weighted by Gasteiger charge is 2.27. The van der Waals surface area contributed by atoms with Gasteiger partial charge in [-0.05, 0) is 12.3 Å². The summed E-state index contributed by atoms with van der Waals surface area (Å²) in [7, 11) is 0. The molecule has 4 heteroatoms. The Labute approximate surface area is 71.2 Å². The van der Waals surface area contributed by atoms with Crippen LogP contribution in [0.4, 0.5) is 4.39 Å². The van der Waals surface area contributed by atoms with Gasteiger partial charge in [0.15, 0.2) is 0 Å². The van der Waals surface area contributed by atoms with Gasteiger partial charge in [-0.15, -0.1) is 0 Å². The smallest absolute Gasteiger partial charge is 0.303 e. The Bertz CT molecular complexity index is 157. The minimum atomic E-state index is -0.731. The first-order valence-electron chi connectivity index (χ1n) is 4.22. The van der Waals surface area contributed by atoms with Crippen LogP contribution in [0.25, 0.3) is 0 Å². The molecule has 0 aromatic rings. The number of likely N-dealkylation sites (tertiary alicyclic amines) is 1. The van der Waals surface area contributed by atoms with Gasteiger partial charge < -0.3 is 10.0 Å². The molecule has 0 bridgehead atoms. The summed E-state index contributed by atoms with van der Waals surface area (Å²) in [6.07, 6.45) is 0.825. The summed E-state index contributed by atoms with van der Waals surface area (Å²) in [4.78, 5) is 12.3. The van der Waals surface area contributed by atoms with E-state index in [1.165, 1.54) is 0 Å². The fourth-order valence-corrected chi connectivity index (χ4v) is 1.52. The van der Waals surface area contributed by atoms with Crippen molar-refractivity contribution in [1.82, 2.24) is 4.90 Å². The van der Waals surface area contributed by atoms with Crippen molar-refractivity contribution in [3.05, 3.63) is 0 Å². The fourth-order valence-electron chi connectivity index (χ4n) is 1.52. The van der Waals surface area contributed by atoms with Crippen LogP contribution in [0.1, 0.15) is 12.8 Å². The lowest BCUT2D eigenvalue weighted by atomic mass is 9.96. The lowest BCUT2D eigenvalue weighted by Crippen LogP contribution is -2.47. The fraction of sp³-hybridized carbons (Fsp3) is 0.875. The van der Waals surface area contributed by atoms with Crippen molar-refractivity contribution in [2.45, 2.75) is 12.8 Å². The molecule has 0 saturated carbocycles. The predicted octanol–water partition coefficient (Wildman–Crippen LogP) is 0.752. The predicted molar refractivity (Wildman–Crippen MR) is 42.8 cm³/mol. The molecule has 0 aromatic heterocycles. The lowest BCUT2D eigenvalue weighted by Gasteiger charge is -2.38. The summed E-state index contributed by atoms with van der Waals surface area (Å²) in [6.45, 7) is 2.14. The van der Waals surface area contributed by atoms with Gasteiger partial charge in [-0.2, -0.15) is 0 Å². The van der Waals surface area contributed by atoms with Gasteiger partial charge in [-0.3, -0.25) is 9.18 Å². The maximum atomic E-state index is 11.7. The number of halogens is 1. The second-order valence-corrected chi connectivity index (χ2v) is 3.27. The molecular formula is C8H14FNO2. The van der Waals surface area contributed by atoms with Crippen molar-refractivity contribution in [1.29, 1.82) is 0 Å². The Morgan fingerprint density at radius 1 is 1.58 bits per heavy atom. The second kappa shape index (κ2) is 4.40. The number of hydrogen-bond acceptors (Lipinski definition) is 2. The number of rotatable bonds is 5. The highest BCUT2D eigenvalue weighted by Crippen LogP contribution is 2.18. The zero-order valence-electron chi connectivity index (χ0n) is 7.00. The number of carbonyl (C=O) groups is 1. The quantitative estimate of drug-likeness (QED) is 0.670. The highest BCUT2D eigenvalue weighted by atomic mass is 19.1. The van der Waals surface area contributed by atoms with Gasteiger partial charge in [-0.25, -0.2) is 0 Å². The van der Waals surface area contributed by atoms with Crippen molar-refractivity contribution >= 4 is 5.97 Å². The number of carboxylic acid groups (broad SMARTS) is 1. The van der Waals surface area contributed by atoms with E-state index >= 15 is 0 Å². The Balaban J connectivity index is 2.00. The molecule has 12 heavy (non-hydrogen) atoms. The van der Waals surface area contributed by atoms with Crippen molar-refractivity contribution in [3.63, 3.8) is 0 Å². The zero-order chi connectivity index (χ0) is 8.97. The van der Waals surface area contributed by atoms with Crippen molar-refractivity contribution < 1.29 is 14.3 Å². The zero-order valence-corrected chi connectivity index (χ0v) is 7.00. The van der Waals surface area contributed by atoms with E-state index in [4.69, 9.17) is 5.11 Å². The maximum Gasteiger partial charge on any atom is 0.303 e. The van der Waals surface area contributed by atoms with E-state index in [0.29, 0.717) is 12.3 Å². The summed E-state index contributed by atoms with van der Waals surface area (Å²) in [5.41, 5.74) is 0. The minimum Gasteiger partial charge on any atom is -0.481 e. The molecule has 0 aliphatic carbocycles. The first kappa shape index (κ1) is 9.45. The van der Waals surface area contributed by atoms with E-state index in [1.807, 2.05) is 0 Å². The first-order valence-corrected chi connectivity index (χ1v) is 4.22. The van der Waals surface area contributed by atoms with E-state index in [-0.39, 0.29) is 13.1 Å². The third-order valence-electron chi connectivity index (χ3n) is 2.10. The van der Waals surface area contributed by atoms with Crippen LogP contribution in [0.2, 0.25) is 0 Å². The average molecular weight is 175 g/mol. The second-order valence-electron chi connectivity index (χ2n) is 3.27. The van der Waals surface area contributed by atoms with Crippen molar-refractivity contribution in [2.75, 3.05) is 26.3 Å². The summed E-state index contributed by atoms with van der Waals surface area (Å²) in [5, 5.41) is 8.43. The summed E-state index contributed by atoms with van der Waals surface area (Å²) >= 11 is 0. The van der Waals surface area contributed by atoms with E-state index in [2.05, 4.69) is 4.90 Å². The molecule has 0 spiro atoms. The summed E-state index contributed by atoms with van der Waals surface area (Å²) in [6, 6.07) is 0. The normalized spacial score (nSPS) is 19.1. The first-order chi connectivity index (χ1) is 5.72. The standard InChI is InChI=1S/C8H14FNO2/c9-2-1-3-10-5-7(6-10)4-8(11)12/h7H,1-6H2,(H,11,12). The van der Waals surface area contributed by atoms with Crippen LogP contribution in [0.5, 0.6) is 0 Å². The van der Waals surface area contributed by atoms with E-state index in [0.717, 1.165) is 19.6 Å². The van der Waals surface area contributed by atoms with Gasteiger partial charge in [0.05, 0.1) is 13.1 Å². The Morgan fingerprint density at radius 3 is 2.75 bits per heavy atom. The van der Waals surface area contributed by atoms with Gasteiger partial charge >= 0.3 is 5.97 Å². The molecule has 0 atom stereocenters. The van der Waals surface area contributed by atoms with Crippen LogP contribution >= 0.6 is 0 Å². The monoisotopic (exact) mass is 175 g/mol. The molecule has 0 amide bonds. The number of carboxylic acids is 1. The minimum absolute atomic E-state index is 0.256. The van der Waals surface area contributed by atoms with E-state index in [9.17, 15) is 9.18 Å². The molecule has 1 aliphatic heterocycles. The van der Waals surface area contributed by atoms with Crippen molar-refractivity contribution in [3.8, 4) is 0 Å².